The van der Waals surface area contributed by atoms with Gasteiger partial charge in [0.15, 0.2) is 0 Å². The van der Waals surface area contributed by atoms with Crippen LogP contribution in [0.4, 0.5) is 0 Å². The molecule has 84 valence electrons. The Labute approximate surface area is 94.1 Å². The first kappa shape index (κ1) is 12.4. The predicted octanol–water partition coefficient (Wildman–Crippen LogP) is 2.61. The molecule has 1 aromatic rings. The van der Waals surface area contributed by atoms with Gasteiger partial charge in [-0.05, 0) is 18.6 Å². The minimum absolute atomic E-state index is 0.585. The number of ether oxygens (including phenoxy) is 1. The van der Waals surface area contributed by atoms with Crippen molar-refractivity contribution in [2.45, 2.75) is 24.7 Å². The summed E-state index contributed by atoms with van der Waals surface area (Å²) in [5.41, 5.74) is 0. The van der Waals surface area contributed by atoms with Crippen molar-refractivity contribution in [2.24, 2.45) is 0 Å². The van der Waals surface area contributed by atoms with E-state index in [4.69, 9.17) is 4.74 Å². The molecule has 0 amide bonds. The molecule has 0 saturated carbocycles. The molecule has 0 fully saturated rings. The van der Waals surface area contributed by atoms with Gasteiger partial charge in [0, 0.05) is 11.5 Å². The fourth-order valence-electron chi connectivity index (χ4n) is 1.17. The predicted molar refractivity (Wildman–Crippen MR) is 63.4 cm³/mol. The highest BCUT2D eigenvalue weighted by Gasteiger charge is 2.01. The van der Waals surface area contributed by atoms with E-state index in [1.54, 1.807) is 0 Å². The first-order valence-electron chi connectivity index (χ1n) is 5.35. The third-order valence-electron chi connectivity index (χ3n) is 2.06. The normalized spacial score (nSPS) is 12.6. The van der Waals surface area contributed by atoms with Gasteiger partial charge in [-0.25, -0.2) is 0 Å². The highest BCUT2D eigenvalue weighted by atomic mass is 32.2. The summed E-state index contributed by atoms with van der Waals surface area (Å²) in [4.78, 5) is 0.886. The number of benzene rings is 1. The van der Waals surface area contributed by atoms with Crippen LogP contribution in [0.15, 0.2) is 35.2 Å². The summed E-state index contributed by atoms with van der Waals surface area (Å²) in [5.74, 6) is 0.591. The zero-order valence-electron chi connectivity index (χ0n) is 9.15. The van der Waals surface area contributed by atoms with Crippen molar-refractivity contribution in [3.05, 3.63) is 30.3 Å². The van der Waals surface area contributed by atoms with E-state index < -0.39 is 10.8 Å². The molecule has 0 aliphatic heterocycles. The number of rotatable bonds is 7. The molecule has 15 heavy (non-hydrogen) atoms. The summed E-state index contributed by atoms with van der Waals surface area (Å²) in [6.45, 7) is 3.50. The Bertz CT molecular complexity index is 285. The first-order valence-corrected chi connectivity index (χ1v) is 6.67. The van der Waals surface area contributed by atoms with Gasteiger partial charge in [-0.3, -0.25) is 4.21 Å². The van der Waals surface area contributed by atoms with Crippen molar-refractivity contribution < 1.29 is 8.95 Å². The number of hydrogen-bond acceptors (Lipinski definition) is 2. The van der Waals surface area contributed by atoms with Gasteiger partial charge in [0.25, 0.3) is 0 Å². The fourth-order valence-corrected chi connectivity index (χ4v) is 2.14. The highest BCUT2D eigenvalue weighted by Crippen LogP contribution is 2.05. The molecule has 0 N–H and O–H groups in total. The van der Waals surface area contributed by atoms with Crippen molar-refractivity contribution in [3.63, 3.8) is 0 Å². The summed E-state index contributed by atoms with van der Waals surface area (Å²) in [5, 5.41) is 0. The third kappa shape index (κ3) is 5.09. The van der Waals surface area contributed by atoms with E-state index in [0.717, 1.165) is 24.3 Å². The van der Waals surface area contributed by atoms with Gasteiger partial charge in [0.2, 0.25) is 0 Å². The van der Waals surface area contributed by atoms with Crippen molar-refractivity contribution >= 4 is 10.8 Å². The summed E-state index contributed by atoms with van der Waals surface area (Å²) in [6, 6.07) is 9.53. The second kappa shape index (κ2) is 7.60. The zero-order chi connectivity index (χ0) is 10.9. The molecular formula is C12H18O2S. The van der Waals surface area contributed by atoms with Crippen molar-refractivity contribution in [1.29, 1.82) is 0 Å². The zero-order valence-corrected chi connectivity index (χ0v) is 9.96. The number of unbranched alkanes of at least 4 members (excludes halogenated alkanes) is 1. The van der Waals surface area contributed by atoms with Crippen molar-refractivity contribution in [1.82, 2.24) is 0 Å². The monoisotopic (exact) mass is 226 g/mol. The molecule has 1 aromatic carbocycles. The highest BCUT2D eigenvalue weighted by molar-refractivity contribution is 7.85. The van der Waals surface area contributed by atoms with Crippen LogP contribution in [-0.2, 0) is 15.5 Å². The van der Waals surface area contributed by atoms with E-state index in [0.29, 0.717) is 12.4 Å². The SMILES string of the molecule is CCCCOCCS(=O)c1ccccc1. The average molecular weight is 226 g/mol. The molecule has 0 heterocycles. The lowest BCUT2D eigenvalue weighted by Gasteiger charge is -2.03. The molecular weight excluding hydrogens is 208 g/mol. The van der Waals surface area contributed by atoms with Crippen molar-refractivity contribution in [2.75, 3.05) is 19.0 Å². The molecule has 1 atom stereocenters. The summed E-state index contributed by atoms with van der Waals surface area (Å²) < 4.78 is 17.1. The summed E-state index contributed by atoms with van der Waals surface area (Å²) >= 11 is 0. The maximum Gasteiger partial charge on any atom is 0.0585 e. The van der Waals surface area contributed by atoms with Crippen LogP contribution < -0.4 is 0 Å². The summed E-state index contributed by atoms with van der Waals surface area (Å²) in [7, 11) is -0.914. The van der Waals surface area contributed by atoms with Gasteiger partial charge >= 0.3 is 0 Å². The molecule has 1 rings (SSSR count). The Hall–Kier alpha value is -0.670. The molecule has 2 nitrogen and oxygen atoms in total. The molecule has 0 radical (unpaired) electrons. The van der Waals surface area contributed by atoms with Gasteiger partial charge in [0.1, 0.15) is 0 Å². The van der Waals surface area contributed by atoms with Crippen LogP contribution in [0.25, 0.3) is 0 Å². The Kier molecular flexibility index (Phi) is 6.28. The van der Waals surface area contributed by atoms with Crippen LogP contribution in [-0.4, -0.2) is 23.2 Å². The smallest absolute Gasteiger partial charge is 0.0585 e. The van der Waals surface area contributed by atoms with E-state index in [9.17, 15) is 4.21 Å². The second-order valence-electron chi connectivity index (χ2n) is 3.33. The van der Waals surface area contributed by atoms with Crippen LogP contribution in [0.1, 0.15) is 19.8 Å². The molecule has 0 bridgehead atoms. The molecule has 1 unspecified atom stereocenters. The minimum Gasteiger partial charge on any atom is -0.380 e. The van der Waals surface area contributed by atoms with Gasteiger partial charge in [-0.15, -0.1) is 0 Å². The van der Waals surface area contributed by atoms with E-state index in [-0.39, 0.29) is 0 Å². The maximum absolute atomic E-state index is 11.7. The molecule has 0 aliphatic rings. The minimum atomic E-state index is -0.914. The molecule has 0 saturated heterocycles. The topological polar surface area (TPSA) is 26.3 Å². The molecule has 3 heteroatoms. The van der Waals surface area contributed by atoms with Gasteiger partial charge in [0.05, 0.1) is 23.2 Å². The lowest BCUT2D eigenvalue weighted by molar-refractivity contribution is 0.146. The van der Waals surface area contributed by atoms with E-state index in [1.165, 1.54) is 0 Å². The quantitative estimate of drug-likeness (QED) is 0.668. The Morgan fingerprint density at radius 2 is 1.93 bits per heavy atom. The standard InChI is InChI=1S/C12H18O2S/c1-2-3-9-14-10-11-15(13)12-7-5-4-6-8-12/h4-8H,2-3,9-11H2,1H3. The van der Waals surface area contributed by atoms with Crippen LogP contribution in [0.5, 0.6) is 0 Å². The van der Waals surface area contributed by atoms with Crippen LogP contribution >= 0.6 is 0 Å². The summed E-state index contributed by atoms with van der Waals surface area (Å²) in [6.07, 6.45) is 2.22. The second-order valence-corrected chi connectivity index (χ2v) is 4.90. The first-order chi connectivity index (χ1) is 7.34. The van der Waals surface area contributed by atoms with Crippen LogP contribution in [0, 0.1) is 0 Å². The van der Waals surface area contributed by atoms with Gasteiger partial charge in [-0.1, -0.05) is 31.5 Å². The largest absolute Gasteiger partial charge is 0.380 e. The lowest BCUT2D eigenvalue weighted by Crippen LogP contribution is -2.07. The Morgan fingerprint density at radius 1 is 1.20 bits per heavy atom. The van der Waals surface area contributed by atoms with Gasteiger partial charge < -0.3 is 4.74 Å². The van der Waals surface area contributed by atoms with Gasteiger partial charge in [-0.2, -0.15) is 0 Å². The van der Waals surface area contributed by atoms with Crippen LogP contribution in [0.3, 0.4) is 0 Å². The average Bonchev–Trinajstić information content (AvgIpc) is 2.30. The van der Waals surface area contributed by atoms with E-state index in [2.05, 4.69) is 6.92 Å². The van der Waals surface area contributed by atoms with Crippen LogP contribution in [0.2, 0.25) is 0 Å². The molecule has 0 aliphatic carbocycles. The van der Waals surface area contributed by atoms with E-state index in [1.807, 2.05) is 30.3 Å². The Morgan fingerprint density at radius 3 is 2.60 bits per heavy atom. The maximum atomic E-state index is 11.7. The van der Waals surface area contributed by atoms with Crippen molar-refractivity contribution in [3.8, 4) is 0 Å². The fraction of sp³-hybridized carbons (Fsp3) is 0.500. The third-order valence-corrected chi connectivity index (χ3v) is 3.40. The molecule has 0 aromatic heterocycles. The Balaban J connectivity index is 2.20. The van der Waals surface area contributed by atoms with E-state index >= 15 is 0 Å². The molecule has 0 spiro atoms. The number of hydrogen-bond donors (Lipinski definition) is 0. The lowest BCUT2D eigenvalue weighted by atomic mass is 10.4.